The average molecular weight is 263 g/mol. The maximum Gasteiger partial charge on any atom is 0.238 e. The van der Waals surface area contributed by atoms with Crippen molar-refractivity contribution in [1.29, 1.82) is 0 Å². The van der Waals surface area contributed by atoms with Crippen molar-refractivity contribution in [3.05, 3.63) is 29.8 Å². The Hall–Kier alpha value is -1.39. The maximum absolute atomic E-state index is 12.0. The topological polar surface area (TPSA) is 44.4 Å². The van der Waals surface area contributed by atoms with Gasteiger partial charge in [0.25, 0.3) is 0 Å². The summed E-state index contributed by atoms with van der Waals surface area (Å²) >= 11 is 0. The van der Waals surface area contributed by atoms with Gasteiger partial charge in [-0.1, -0.05) is 39.0 Å². The average Bonchev–Trinajstić information content (AvgIpc) is 2.43. The van der Waals surface area contributed by atoms with E-state index in [0.29, 0.717) is 6.54 Å². The molecule has 0 fully saturated rings. The Morgan fingerprint density at radius 1 is 1.16 bits per heavy atom. The van der Waals surface area contributed by atoms with Crippen LogP contribution in [0.15, 0.2) is 24.3 Å². The third-order valence-corrected chi connectivity index (χ3v) is 3.12. The molecule has 0 aliphatic carbocycles. The number of hydrogen-bond donors (Lipinski definition) is 2. The quantitative estimate of drug-likeness (QED) is 0.755. The fraction of sp³-hybridized carbons (Fsp3) is 0.533. The third kappa shape index (κ3) is 5.41. The van der Waals surface area contributed by atoms with Crippen LogP contribution in [0.5, 0.6) is 0 Å². The van der Waals surface area contributed by atoms with Crippen LogP contribution in [0.3, 0.4) is 0 Å². The fourth-order valence-corrected chi connectivity index (χ4v) is 1.90. The first-order valence-corrected chi connectivity index (χ1v) is 7.02. The van der Waals surface area contributed by atoms with Crippen molar-refractivity contribution in [2.45, 2.75) is 27.3 Å². The molecule has 2 N–H and O–H groups in total. The van der Waals surface area contributed by atoms with Crippen molar-refractivity contribution < 1.29 is 4.79 Å². The number of benzene rings is 1. The van der Waals surface area contributed by atoms with Gasteiger partial charge in [0.15, 0.2) is 0 Å². The Labute approximate surface area is 116 Å². The molecule has 1 rings (SSSR count). The zero-order chi connectivity index (χ0) is 14.1. The number of likely N-dealkylation sites (N-methyl/N-ethyl adjacent to an activating group) is 1. The lowest BCUT2D eigenvalue weighted by Gasteiger charge is -2.18. The standard InChI is InChI=1S/C15H25N3O/c1-4-16-11-13-9-7-8-10-14(13)17-15(19)12-18(5-2)6-3/h7-10,16H,4-6,11-12H2,1-3H3,(H,17,19). The highest BCUT2D eigenvalue weighted by atomic mass is 16.2. The van der Waals surface area contributed by atoms with Crippen molar-refractivity contribution in [2.75, 3.05) is 31.5 Å². The molecule has 0 saturated carbocycles. The molecular formula is C15H25N3O. The Morgan fingerprint density at radius 3 is 2.47 bits per heavy atom. The molecule has 1 amide bonds. The minimum Gasteiger partial charge on any atom is -0.325 e. The number of carbonyl (C=O) groups excluding carboxylic acids is 1. The van der Waals surface area contributed by atoms with Crippen LogP contribution in [-0.4, -0.2) is 37.0 Å². The molecule has 0 aliphatic heterocycles. The molecule has 0 aliphatic rings. The van der Waals surface area contributed by atoms with Gasteiger partial charge in [-0.3, -0.25) is 9.69 Å². The van der Waals surface area contributed by atoms with Gasteiger partial charge < -0.3 is 10.6 Å². The molecule has 0 unspecified atom stereocenters. The SMILES string of the molecule is CCNCc1ccccc1NC(=O)CN(CC)CC. The smallest absolute Gasteiger partial charge is 0.238 e. The molecule has 19 heavy (non-hydrogen) atoms. The van der Waals surface area contributed by atoms with Gasteiger partial charge in [0.2, 0.25) is 5.91 Å². The second-order valence-electron chi connectivity index (χ2n) is 4.45. The van der Waals surface area contributed by atoms with Gasteiger partial charge in [0, 0.05) is 12.2 Å². The highest BCUT2D eigenvalue weighted by Gasteiger charge is 2.09. The second-order valence-corrected chi connectivity index (χ2v) is 4.45. The number of amides is 1. The van der Waals surface area contributed by atoms with Gasteiger partial charge in [-0.25, -0.2) is 0 Å². The van der Waals surface area contributed by atoms with E-state index in [0.717, 1.165) is 37.4 Å². The number of nitrogens with zero attached hydrogens (tertiary/aromatic N) is 1. The molecule has 4 heteroatoms. The molecule has 106 valence electrons. The Morgan fingerprint density at radius 2 is 1.84 bits per heavy atom. The van der Waals surface area contributed by atoms with Crippen molar-refractivity contribution in [1.82, 2.24) is 10.2 Å². The van der Waals surface area contributed by atoms with Crippen LogP contribution >= 0.6 is 0 Å². The molecule has 0 radical (unpaired) electrons. The zero-order valence-electron chi connectivity index (χ0n) is 12.2. The lowest BCUT2D eigenvalue weighted by atomic mass is 10.1. The maximum atomic E-state index is 12.0. The minimum absolute atomic E-state index is 0.0487. The molecule has 0 heterocycles. The van der Waals surface area contributed by atoms with Crippen LogP contribution in [-0.2, 0) is 11.3 Å². The first kappa shape index (κ1) is 15.7. The molecular weight excluding hydrogens is 238 g/mol. The number of carbonyl (C=O) groups is 1. The molecule has 0 spiro atoms. The summed E-state index contributed by atoms with van der Waals surface area (Å²) in [6.07, 6.45) is 0. The molecule has 1 aromatic carbocycles. The van der Waals surface area contributed by atoms with E-state index >= 15 is 0 Å². The first-order valence-electron chi connectivity index (χ1n) is 7.02. The molecule has 0 atom stereocenters. The number of anilines is 1. The summed E-state index contributed by atoms with van der Waals surface area (Å²) in [7, 11) is 0. The van der Waals surface area contributed by atoms with E-state index in [2.05, 4.69) is 36.3 Å². The largest absolute Gasteiger partial charge is 0.325 e. The summed E-state index contributed by atoms with van der Waals surface area (Å²) in [5.41, 5.74) is 2.03. The summed E-state index contributed by atoms with van der Waals surface area (Å²) < 4.78 is 0. The predicted octanol–water partition coefficient (Wildman–Crippen LogP) is 2.08. The number of hydrogen-bond acceptors (Lipinski definition) is 3. The van der Waals surface area contributed by atoms with Gasteiger partial charge in [-0.2, -0.15) is 0 Å². The summed E-state index contributed by atoms with van der Waals surface area (Å²) in [5, 5.41) is 6.28. The molecule has 0 saturated heterocycles. The molecule has 1 aromatic rings. The molecule has 0 bridgehead atoms. The van der Waals surface area contributed by atoms with Crippen LogP contribution in [0.25, 0.3) is 0 Å². The van der Waals surface area contributed by atoms with E-state index in [4.69, 9.17) is 0 Å². The van der Waals surface area contributed by atoms with E-state index in [1.165, 1.54) is 0 Å². The zero-order valence-corrected chi connectivity index (χ0v) is 12.2. The van der Waals surface area contributed by atoms with Gasteiger partial charge in [-0.15, -0.1) is 0 Å². The van der Waals surface area contributed by atoms with Crippen LogP contribution < -0.4 is 10.6 Å². The van der Waals surface area contributed by atoms with E-state index in [1.54, 1.807) is 0 Å². The van der Waals surface area contributed by atoms with Crippen molar-refractivity contribution in [3.63, 3.8) is 0 Å². The van der Waals surface area contributed by atoms with E-state index in [-0.39, 0.29) is 5.91 Å². The van der Waals surface area contributed by atoms with Gasteiger partial charge in [-0.05, 0) is 31.3 Å². The Bertz CT molecular complexity index is 389. The van der Waals surface area contributed by atoms with Crippen molar-refractivity contribution >= 4 is 11.6 Å². The van der Waals surface area contributed by atoms with Crippen molar-refractivity contribution in [3.8, 4) is 0 Å². The lowest BCUT2D eigenvalue weighted by Crippen LogP contribution is -2.33. The van der Waals surface area contributed by atoms with Crippen LogP contribution in [0, 0.1) is 0 Å². The summed E-state index contributed by atoms with van der Waals surface area (Å²) in [5.74, 6) is 0.0487. The Balaban J connectivity index is 2.62. The normalized spacial score (nSPS) is 10.7. The van der Waals surface area contributed by atoms with Gasteiger partial charge in [0.1, 0.15) is 0 Å². The monoisotopic (exact) mass is 263 g/mol. The lowest BCUT2D eigenvalue weighted by molar-refractivity contribution is -0.117. The van der Waals surface area contributed by atoms with Gasteiger partial charge in [0.05, 0.1) is 6.54 Å². The Kier molecular flexibility index (Phi) is 7.15. The second kappa shape index (κ2) is 8.67. The number of nitrogens with one attached hydrogen (secondary N) is 2. The summed E-state index contributed by atoms with van der Waals surface area (Å²) in [6, 6.07) is 7.93. The highest BCUT2D eigenvalue weighted by molar-refractivity contribution is 5.92. The van der Waals surface area contributed by atoms with Crippen LogP contribution in [0.4, 0.5) is 5.69 Å². The first-order chi connectivity index (χ1) is 9.21. The van der Waals surface area contributed by atoms with E-state index in [9.17, 15) is 4.79 Å². The third-order valence-electron chi connectivity index (χ3n) is 3.12. The number of rotatable bonds is 8. The molecule has 4 nitrogen and oxygen atoms in total. The van der Waals surface area contributed by atoms with Gasteiger partial charge >= 0.3 is 0 Å². The summed E-state index contributed by atoms with van der Waals surface area (Å²) in [4.78, 5) is 14.1. The predicted molar refractivity (Wildman–Crippen MR) is 80.2 cm³/mol. The van der Waals surface area contributed by atoms with Crippen LogP contribution in [0.1, 0.15) is 26.3 Å². The van der Waals surface area contributed by atoms with E-state index < -0.39 is 0 Å². The fourth-order valence-electron chi connectivity index (χ4n) is 1.90. The minimum atomic E-state index is 0.0487. The van der Waals surface area contributed by atoms with Crippen molar-refractivity contribution in [2.24, 2.45) is 0 Å². The summed E-state index contributed by atoms with van der Waals surface area (Å²) in [6.45, 7) is 10.1. The number of para-hydroxylation sites is 1. The molecule has 0 aromatic heterocycles. The highest BCUT2D eigenvalue weighted by Crippen LogP contribution is 2.14. The van der Waals surface area contributed by atoms with Crippen LogP contribution in [0.2, 0.25) is 0 Å². The van der Waals surface area contributed by atoms with E-state index in [1.807, 2.05) is 24.3 Å².